The number of nitrogens with zero attached hydrogens (tertiary/aromatic N) is 1. The number of ketones is 1. The second-order valence-corrected chi connectivity index (χ2v) is 4.24. The Morgan fingerprint density at radius 3 is 2.38 bits per heavy atom. The van der Waals surface area contributed by atoms with Crippen molar-refractivity contribution in [1.82, 2.24) is 10.2 Å². The van der Waals surface area contributed by atoms with Crippen LogP contribution in [0.4, 0.5) is 0 Å². The minimum Gasteiger partial charge on any atom is -0.346 e. The van der Waals surface area contributed by atoms with Crippen LogP contribution in [0, 0.1) is 0 Å². The lowest BCUT2D eigenvalue weighted by Gasteiger charge is -2.18. The Morgan fingerprint density at radius 1 is 1.31 bits per heavy atom. The second kappa shape index (κ2) is 8.24. The van der Waals surface area contributed by atoms with Crippen LogP contribution in [0.1, 0.15) is 26.2 Å². The molecule has 0 radical (unpaired) electrons. The normalized spacial score (nSPS) is 12.6. The van der Waals surface area contributed by atoms with Crippen LogP contribution in [0.3, 0.4) is 0 Å². The summed E-state index contributed by atoms with van der Waals surface area (Å²) in [5.74, 6) is -0.109. The number of Topliss-reactive ketones (excluding diaryl/α,β-unsaturated/α-hetero) is 1. The molecule has 0 spiro atoms. The zero-order valence-corrected chi connectivity index (χ0v) is 10.5. The molecule has 0 aliphatic carbocycles. The van der Waals surface area contributed by atoms with E-state index >= 15 is 0 Å². The van der Waals surface area contributed by atoms with Crippen LogP contribution in [0.25, 0.3) is 0 Å². The van der Waals surface area contributed by atoms with Gasteiger partial charge in [0, 0.05) is 6.92 Å². The molecule has 0 saturated heterocycles. The third-order valence-corrected chi connectivity index (χ3v) is 2.19. The molecule has 1 atom stereocenters. The van der Waals surface area contributed by atoms with Gasteiger partial charge in [-0.3, -0.25) is 9.59 Å². The molecule has 0 aliphatic rings. The minimum absolute atomic E-state index is 0.0530. The molecule has 0 aromatic rings. The highest BCUT2D eigenvalue weighted by molar-refractivity contribution is 5.89. The van der Waals surface area contributed by atoms with Crippen molar-refractivity contribution in [3.8, 4) is 0 Å². The number of carbonyl (C=O) groups excluding carboxylic acids is 2. The Balaban J connectivity index is 4.17. The van der Waals surface area contributed by atoms with Gasteiger partial charge in [0.25, 0.3) is 0 Å². The van der Waals surface area contributed by atoms with Crippen molar-refractivity contribution in [2.45, 2.75) is 32.2 Å². The van der Waals surface area contributed by atoms with Gasteiger partial charge in [-0.1, -0.05) is 0 Å². The van der Waals surface area contributed by atoms with E-state index in [2.05, 4.69) is 5.32 Å². The average molecular weight is 229 g/mol. The van der Waals surface area contributed by atoms with Crippen LogP contribution in [0.15, 0.2) is 0 Å². The van der Waals surface area contributed by atoms with E-state index in [4.69, 9.17) is 5.73 Å². The van der Waals surface area contributed by atoms with Crippen LogP contribution in [0.2, 0.25) is 0 Å². The van der Waals surface area contributed by atoms with Gasteiger partial charge in [0.15, 0.2) is 5.78 Å². The quantitative estimate of drug-likeness (QED) is 0.563. The predicted octanol–water partition coefficient (Wildman–Crippen LogP) is -0.249. The van der Waals surface area contributed by atoms with Crippen molar-refractivity contribution in [3.05, 3.63) is 0 Å². The first-order valence-corrected chi connectivity index (χ1v) is 5.62. The van der Waals surface area contributed by atoms with E-state index in [1.807, 2.05) is 14.1 Å². The van der Waals surface area contributed by atoms with Gasteiger partial charge in [-0.15, -0.1) is 0 Å². The van der Waals surface area contributed by atoms with Gasteiger partial charge in [0.05, 0.1) is 12.6 Å². The summed E-state index contributed by atoms with van der Waals surface area (Å²) in [4.78, 5) is 24.6. The summed E-state index contributed by atoms with van der Waals surface area (Å²) in [6.45, 7) is 2.40. The number of nitrogens with one attached hydrogen (secondary N) is 1. The Morgan fingerprint density at radius 2 is 1.94 bits per heavy atom. The fourth-order valence-corrected chi connectivity index (χ4v) is 1.47. The van der Waals surface area contributed by atoms with Gasteiger partial charge in [-0.25, -0.2) is 0 Å². The fourth-order valence-electron chi connectivity index (χ4n) is 1.47. The summed E-state index contributed by atoms with van der Waals surface area (Å²) >= 11 is 0. The third kappa shape index (κ3) is 7.36. The van der Waals surface area contributed by atoms with Gasteiger partial charge in [0.2, 0.25) is 5.91 Å². The summed E-state index contributed by atoms with van der Waals surface area (Å²) in [5.41, 5.74) is 5.39. The van der Waals surface area contributed by atoms with E-state index in [1.165, 1.54) is 6.92 Å². The summed E-state index contributed by atoms with van der Waals surface area (Å²) in [6.07, 6.45) is 2.41. The topological polar surface area (TPSA) is 75.4 Å². The summed E-state index contributed by atoms with van der Waals surface area (Å²) in [7, 11) is 3.67. The largest absolute Gasteiger partial charge is 0.346 e. The van der Waals surface area contributed by atoms with E-state index in [0.717, 1.165) is 12.8 Å². The van der Waals surface area contributed by atoms with Gasteiger partial charge in [-0.2, -0.15) is 0 Å². The first-order valence-electron chi connectivity index (χ1n) is 5.62. The smallest absolute Gasteiger partial charge is 0.217 e. The van der Waals surface area contributed by atoms with Crippen molar-refractivity contribution < 1.29 is 9.59 Å². The minimum atomic E-state index is -0.369. The number of amides is 1. The van der Waals surface area contributed by atoms with Gasteiger partial charge in [0.1, 0.15) is 0 Å². The number of hydrogen-bond acceptors (Lipinski definition) is 4. The lowest BCUT2D eigenvalue weighted by molar-refractivity contribution is -0.127. The van der Waals surface area contributed by atoms with E-state index in [9.17, 15) is 9.59 Å². The number of nitrogens with two attached hydrogens (primary N) is 1. The van der Waals surface area contributed by atoms with Gasteiger partial charge in [-0.05, 0) is 39.9 Å². The fraction of sp³-hybridized carbons (Fsp3) is 0.818. The van der Waals surface area contributed by atoms with Crippen molar-refractivity contribution in [1.29, 1.82) is 0 Å². The lowest BCUT2D eigenvalue weighted by Crippen LogP contribution is -2.43. The number of hydrogen-bond donors (Lipinski definition) is 2. The molecule has 5 nitrogen and oxygen atoms in total. The van der Waals surface area contributed by atoms with Crippen molar-refractivity contribution in [3.63, 3.8) is 0 Å². The van der Waals surface area contributed by atoms with Crippen LogP contribution < -0.4 is 11.1 Å². The van der Waals surface area contributed by atoms with E-state index in [1.54, 1.807) is 4.90 Å². The first kappa shape index (κ1) is 15.1. The third-order valence-electron chi connectivity index (χ3n) is 2.19. The van der Waals surface area contributed by atoms with Gasteiger partial charge < -0.3 is 16.0 Å². The molecule has 3 N–H and O–H groups in total. The lowest BCUT2D eigenvalue weighted by atomic mass is 10.0. The molecule has 0 bridgehead atoms. The Bertz CT molecular complexity index is 229. The van der Waals surface area contributed by atoms with Gasteiger partial charge >= 0.3 is 0 Å². The molecule has 5 heteroatoms. The molecule has 0 aliphatic heterocycles. The Kier molecular flexibility index (Phi) is 7.76. The van der Waals surface area contributed by atoms with Crippen LogP contribution in [-0.4, -0.2) is 49.8 Å². The Labute approximate surface area is 97.4 Å². The molecule has 0 saturated carbocycles. The van der Waals surface area contributed by atoms with Crippen LogP contribution in [0.5, 0.6) is 0 Å². The summed E-state index contributed by atoms with van der Waals surface area (Å²) in [6, 6.07) is -0.369. The molecular formula is C11H23N3O2. The SMILES string of the molecule is CC(=O)N[C@@H](CCCCN)C(=O)CN(C)C. The number of rotatable bonds is 8. The second-order valence-electron chi connectivity index (χ2n) is 4.24. The number of unbranched alkanes of at least 4 members (excludes halogenated alkanes) is 1. The molecule has 0 rings (SSSR count). The standard InChI is InChI=1S/C11H23N3O2/c1-9(15)13-10(6-4-5-7-12)11(16)8-14(2)3/h10H,4-8,12H2,1-3H3,(H,13,15)/t10-/m0/s1. The van der Waals surface area contributed by atoms with Crippen molar-refractivity contribution in [2.75, 3.05) is 27.2 Å². The molecule has 0 unspecified atom stereocenters. The average Bonchev–Trinajstić information content (AvgIpc) is 2.14. The molecule has 0 fully saturated rings. The van der Waals surface area contributed by atoms with E-state index in [0.29, 0.717) is 19.5 Å². The number of carbonyl (C=O) groups is 2. The van der Waals surface area contributed by atoms with Crippen molar-refractivity contribution in [2.24, 2.45) is 5.73 Å². The van der Waals surface area contributed by atoms with Crippen molar-refractivity contribution >= 4 is 11.7 Å². The molecule has 1 amide bonds. The van der Waals surface area contributed by atoms with Crippen LogP contribution in [-0.2, 0) is 9.59 Å². The molecule has 16 heavy (non-hydrogen) atoms. The van der Waals surface area contributed by atoms with E-state index in [-0.39, 0.29) is 17.7 Å². The highest BCUT2D eigenvalue weighted by Crippen LogP contribution is 2.02. The predicted molar refractivity (Wildman–Crippen MR) is 64.1 cm³/mol. The summed E-state index contributed by atoms with van der Waals surface area (Å²) < 4.78 is 0. The summed E-state index contributed by atoms with van der Waals surface area (Å²) in [5, 5.41) is 2.69. The Hall–Kier alpha value is -0.940. The van der Waals surface area contributed by atoms with E-state index < -0.39 is 0 Å². The monoisotopic (exact) mass is 229 g/mol. The maximum absolute atomic E-state index is 11.8. The first-order chi connectivity index (χ1) is 7.47. The maximum Gasteiger partial charge on any atom is 0.217 e. The molecular weight excluding hydrogens is 206 g/mol. The molecule has 94 valence electrons. The highest BCUT2D eigenvalue weighted by Gasteiger charge is 2.18. The van der Waals surface area contributed by atoms with Crippen LogP contribution >= 0.6 is 0 Å². The number of likely N-dealkylation sites (N-methyl/N-ethyl adjacent to an activating group) is 1. The zero-order valence-electron chi connectivity index (χ0n) is 10.5. The maximum atomic E-state index is 11.8. The zero-order chi connectivity index (χ0) is 12.6. The molecule has 0 aromatic heterocycles. The highest BCUT2D eigenvalue weighted by atomic mass is 16.2. The molecule has 0 heterocycles. The molecule has 0 aromatic carbocycles.